The predicted molar refractivity (Wildman–Crippen MR) is 108 cm³/mol. The van der Waals surface area contributed by atoms with Crippen LogP contribution in [0, 0.1) is 0 Å². The molecular weight excluding hydrogens is 370 g/mol. The van der Waals surface area contributed by atoms with Crippen LogP contribution in [0.3, 0.4) is 0 Å². The summed E-state index contributed by atoms with van der Waals surface area (Å²) >= 11 is 0. The summed E-state index contributed by atoms with van der Waals surface area (Å²) in [6.45, 7) is 1.15. The Kier molecular flexibility index (Phi) is 7.00. The molecule has 1 N–H and O–H groups in total. The Morgan fingerprint density at radius 1 is 1.07 bits per heavy atom. The molecule has 2 aromatic rings. The van der Waals surface area contributed by atoms with Gasteiger partial charge < -0.3 is 14.8 Å². The number of nitrogens with one attached hydrogen (secondary N) is 1. The van der Waals surface area contributed by atoms with Gasteiger partial charge in [-0.3, -0.25) is 9.59 Å². The minimum absolute atomic E-state index is 0.177. The molecule has 0 bridgehead atoms. The number of para-hydroxylation sites is 1. The topological polar surface area (TPSA) is 81.7 Å². The molecule has 0 saturated carbocycles. The van der Waals surface area contributed by atoms with Crippen LogP contribution in [0.25, 0.3) is 0 Å². The molecule has 0 fully saturated rings. The van der Waals surface area contributed by atoms with Gasteiger partial charge in [0, 0.05) is 0 Å². The van der Waals surface area contributed by atoms with E-state index in [1.165, 1.54) is 24.0 Å². The molecule has 0 heterocycles. The first-order valence-electron chi connectivity index (χ1n) is 9.80. The van der Waals surface area contributed by atoms with Gasteiger partial charge >= 0.3 is 5.97 Å². The van der Waals surface area contributed by atoms with E-state index in [1.807, 2.05) is 13.0 Å². The van der Waals surface area contributed by atoms with E-state index in [0.29, 0.717) is 17.6 Å². The van der Waals surface area contributed by atoms with Crippen LogP contribution in [0.4, 0.5) is 0 Å². The van der Waals surface area contributed by atoms with Crippen LogP contribution in [0.2, 0.25) is 0 Å². The molecule has 1 atom stereocenters. The van der Waals surface area contributed by atoms with Crippen LogP contribution in [0.15, 0.2) is 42.5 Å². The Bertz CT molecular complexity index is 893. The minimum Gasteiger partial charge on any atom is -0.481 e. The van der Waals surface area contributed by atoms with Gasteiger partial charge in [-0.15, -0.1) is 0 Å². The summed E-state index contributed by atoms with van der Waals surface area (Å²) in [5.74, 6) is -0.760. The summed E-state index contributed by atoms with van der Waals surface area (Å²) in [5.41, 5.74) is 4.13. The van der Waals surface area contributed by atoms with Gasteiger partial charge in [-0.05, 0) is 61.4 Å². The number of benzene rings is 2. The van der Waals surface area contributed by atoms with Crippen LogP contribution >= 0.6 is 0 Å². The molecule has 2 aromatic carbocycles. The van der Waals surface area contributed by atoms with E-state index < -0.39 is 5.97 Å². The third kappa shape index (κ3) is 5.67. The van der Waals surface area contributed by atoms with Gasteiger partial charge in [-0.1, -0.05) is 30.3 Å². The second-order valence-electron chi connectivity index (χ2n) is 7.13. The molecule has 0 spiro atoms. The van der Waals surface area contributed by atoms with Gasteiger partial charge in [0.15, 0.2) is 19.5 Å². The van der Waals surface area contributed by atoms with E-state index in [0.717, 1.165) is 18.4 Å². The van der Waals surface area contributed by atoms with Crippen molar-refractivity contribution in [3.05, 3.63) is 64.7 Å². The van der Waals surface area contributed by atoms with Gasteiger partial charge in [0.1, 0.15) is 5.75 Å². The minimum atomic E-state index is -0.678. The van der Waals surface area contributed by atoms with Crippen molar-refractivity contribution < 1.29 is 23.9 Å². The van der Waals surface area contributed by atoms with Crippen molar-refractivity contribution in [2.45, 2.75) is 38.6 Å². The number of aryl methyl sites for hydroxylation is 2. The number of hydrogen-bond acceptors (Lipinski definition) is 5. The Labute approximate surface area is 170 Å². The fourth-order valence-corrected chi connectivity index (χ4v) is 3.42. The molecular formula is C23H25NO5. The summed E-state index contributed by atoms with van der Waals surface area (Å²) in [6, 6.07) is 12.7. The average Bonchev–Trinajstić information content (AvgIpc) is 2.76. The number of rotatable bonds is 8. The molecule has 1 aliphatic rings. The maximum Gasteiger partial charge on any atom is 0.344 e. The van der Waals surface area contributed by atoms with Crippen LogP contribution in [-0.2, 0) is 27.2 Å². The molecule has 3 rings (SSSR count). The third-order valence-electron chi connectivity index (χ3n) is 5.01. The van der Waals surface area contributed by atoms with E-state index in [2.05, 4.69) is 17.4 Å². The number of aldehydes is 1. The van der Waals surface area contributed by atoms with E-state index in [9.17, 15) is 14.4 Å². The van der Waals surface area contributed by atoms with Crippen LogP contribution in [0.5, 0.6) is 5.75 Å². The van der Waals surface area contributed by atoms with Gasteiger partial charge in [0.2, 0.25) is 0 Å². The molecule has 0 radical (unpaired) electrons. The lowest BCUT2D eigenvalue weighted by molar-refractivity contribution is -0.150. The molecule has 0 aromatic heterocycles. The van der Waals surface area contributed by atoms with E-state index in [1.54, 1.807) is 24.3 Å². The largest absolute Gasteiger partial charge is 0.481 e. The van der Waals surface area contributed by atoms with E-state index in [-0.39, 0.29) is 25.2 Å². The Hall–Kier alpha value is -3.15. The lowest BCUT2D eigenvalue weighted by Gasteiger charge is -2.20. The summed E-state index contributed by atoms with van der Waals surface area (Å²) in [5, 5.41) is 2.85. The van der Waals surface area contributed by atoms with E-state index in [4.69, 9.17) is 9.47 Å². The molecule has 6 heteroatoms. The van der Waals surface area contributed by atoms with Crippen LogP contribution in [0.1, 0.15) is 52.9 Å². The van der Waals surface area contributed by atoms with E-state index >= 15 is 0 Å². The molecule has 0 saturated heterocycles. The number of carbonyl (C=O) groups is 3. The highest BCUT2D eigenvalue weighted by molar-refractivity contribution is 5.82. The average molecular weight is 395 g/mol. The second kappa shape index (κ2) is 9.87. The number of amides is 1. The van der Waals surface area contributed by atoms with Crippen LogP contribution < -0.4 is 10.1 Å². The van der Waals surface area contributed by atoms with Crippen molar-refractivity contribution in [1.82, 2.24) is 5.32 Å². The quantitative estimate of drug-likeness (QED) is 0.548. The maximum absolute atomic E-state index is 12.1. The Balaban J connectivity index is 1.44. The Morgan fingerprint density at radius 3 is 2.62 bits per heavy atom. The number of hydrogen-bond donors (Lipinski definition) is 1. The molecule has 152 valence electrons. The first kappa shape index (κ1) is 20.6. The summed E-state index contributed by atoms with van der Waals surface area (Å²) in [6.07, 6.45) is 5.28. The summed E-state index contributed by atoms with van der Waals surface area (Å²) in [7, 11) is 0. The molecule has 1 amide bonds. The number of ether oxygens (including phenoxy) is 2. The normalized spacial score (nSPS) is 13.7. The lowest BCUT2D eigenvalue weighted by atomic mass is 9.89. The van der Waals surface area contributed by atoms with Crippen molar-refractivity contribution >= 4 is 18.2 Å². The van der Waals surface area contributed by atoms with Crippen molar-refractivity contribution in [2.75, 3.05) is 13.2 Å². The van der Waals surface area contributed by atoms with Crippen LogP contribution in [-0.4, -0.2) is 31.4 Å². The highest BCUT2D eigenvalue weighted by Gasteiger charge is 2.15. The second-order valence-corrected chi connectivity index (χ2v) is 7.13. The number of fused-ring (bicyclic) bond motifs is 1. The zero-order valence-electron chi connectivity index (χ0n) is 16.5. The van der Waals surface area contributed by atoms with Gasteiger partial charge in [0.25, 0.3) is 5.91 Å². The zero-order chi connectivity index (χ0) is 20.6. The standard InChI is InChI=1S/C23H25NO5/c1-16(18-11-10-17-6-2-3-7-19(17)12-18)24-22(26)14-29-23(27)15-28-21-9-5-4-8-20(21)13-25/h4-5,8-13,16H,2-3,6-7,14-15H2,1H3,(H,24,26)/t16-/m0/s1. The fraction of sp³-hybridized carbons (Fsp3) is 0.348. The SMILES string of the molecule is C[C@H](NC(=O)COC(=O)COc1ccccc1C=O)c1ccc2c(c1)CCCC2. The first-order chi connectivity index (χ1) is 14.1. The number of carbonyl (C=O) groups excluding carboxylic acids is 3. The van der Waals surface area contributed by atoms with Crippen molar-refractivity contribution in [3.8, 4) is 5.75 Å². The molecule has 1 aliphatic carbocycles. The van der Waals surface area contributed by atoms with Crippen molar-refractivity contribution in [3.63, 3.8) is 0 Å². The predicted octanol–water partition coefficient (Wildman–Crippen LogP) is 3.18. The van der Waals surface area contributed by atoms with Gasteiger partial charge in [0.05, 0.1) is 11.6 Å². The molecule has 0 aliphatic heterocycles. The lowest BCUT2D eigenvalue weighted by Crippen LogP contribution is -2.32. The van der Waals surface area contributed by atoms with Crippen molar-refractivity contribution in [1.29, 1.82) is 0 Å². The summed E-state index contributed by atoms with van der Waals surface area (Å²) in [4.78, 5) is 34.9. The van der Waals surface area contributed by atoms with Gasteiger partial charge in [-0.2, -0.15) is 0 Å². The summed E-state index contributed by atoms with van der Waals surface area (Å²) < 4.78 is 10.2. The number of esters is 1. The van der Waals surface area contributed by atoms with Crippen molar-refractivity contribution in [2.24, 2.45) is 0 Å². The smallest absolute Gasteiger partial charge is 0.344 e. The zero-order valence-corrected chi connectivity index (χ0v) is 16.5. The third-order valence-corrected chi connectivity index (χ3v) is 5.01. The highest BCUT2D eigenvalue weighted by atomic mass is 16.6. The first-order valence-corrected chi connectivity index (χ1v) is 9.80. The van der Waals surface area contributed by atoms with Gasteiger partial charge in [-0.25, -0.2) is 4.79 Å². The Morgan fingerprint density at radius 2 is 1.83 bits per heavy atom. The highest BCUT2D eigenvalue weighted by Crippen LogP contribution is 2.24. The maximum atomic E-state index is 12.1. The molecule has 29 heavy (non-hydrogen) atoms. The fourth-order valence-electron chi connectivity index (χ4n) is 3.42. The molecule has 6 nitrogen and oxygen atoms in total. The molecule has 0 unspecified atom stereocenters. The monoisotopic (exact) mass is 395 g/mol.